The molecule has 0 unspecified atom stereocenters. The zero-order valence-corrected chi connectivity index (χ0v) is 12.7. The van der Waals surface area contributed by atoms with E-state index < -0.39 is 0 Å². The van der Waals surface area contributed by atoms with Crippen molar-refractivity contribution in [3.63, 3.8) is 0 Å². The molecule has 0 saturated carbocycles. The van der Waals surface area contributed by atoms with Gasteiger partial charge in [-0.2, -0.15) is 0 Å². The summed E-state index contributed by atoms with van der Waals surface area (Å²) in [6.45, 7) is 4.06. The second-order valence-electron chi connectivity index (χ2n) is 4.03. The van der Waals surface area contributed by atoms with Crippen LogP contribution in [-0.4, -0.2) is 5.91 Å². The highest BCUT2D eigenvalue weighted by molar-refractivity contribution is 9.11. The smallest absolute Gasteiger partial charge is 0.265 e. The fourth-order valence-corrected chi connectivity index (χ4v) is 3.14. The Morgan fingerprint density at radius 3 is 2.72 bits per heavy atom. The second kappa shape index (κ2) is 5.67. The van der Waals surface area contributed by atoms with Crippen molar-refractivity contribution < 1.29 is 4.79 Å². The molecule has 0 aliphatic carbocycles. The van der Waals surface area contributed by atoms with Crippen molar-refractivity contribution in [2.45, 2.75) is 20.3 Å². The summed E-state index contributed by atoms with van der Waals surface area (Å²) in [6.07, 6.45) is 0.906. The second-order valence-corrected chi connectivity index (χ2v) is 6.40. The van der Waals surface area contributed by atoms with Gasteiger partial charge in [0.15, 0.2) is 0 Å². The molecule has 1 N–H and O–H groups in total. The van der Waals surface area contributed by atoms with Gasteiger partial charge in [-0.15, -0.1) is 11.3 Å². The van der Waals surface area contributed by atoms with Crippen LogP contribution >= 0.6 is 27.3 Å². The average molecular weight is 324 g/mol. The van der Waals surface area contributed by atoms with Crippen molar-refractivity contribution in [1.82, 2.24) is 0 Å². The first-order chi connectivity index (χ1) is 8.61. The van der Waals surface area contributed by atoms with Crippen molar-refractivity contribution in [2.75, 3.05) is 5.32 Å². The first-order valence-electron chi connectivity index (χ1n) is 5.77. The highest BCUT2D eigenvalue weighted by Gasteiger charge is 2.12. The Bertz CT molecular complexity index is 557. The lowest BCUT2D eigenvalue weighted by atomic mass is 10.1. The van der Waals surface area contributed by atoms with Crippen molar-refractivity contribution in [3.8, 4) is 0 Å². The number of nitrogens with one attached hydrogen (secondary N) is 1. The van der Waals surface area contributed by atoms with Gasteiger partial charge >= 0.3 is 0 Å². The Kier molecular flexibility index (Phi) is 4.19. The van der Waals surface area contributed by atoms with E-state index in [1.54, 1.807) is 0 Å². The molecular formula is C14H14BrNOS. The Morgan fingerprint density at radius 2 is 2.11 bits per heavy atom. The molecular weight excluding hydrogens is 310 g/mol. The lowest BCUT2D eigenvalue weighted by Crippen LogP contribution is -2.11. The van der Waals surface area contributed by atoms with E-state index in [1.807, 2.05) is 37.3 Å². The van der Waals surface area contributed by atoms with Gasteiger partial charge in [0.1, 0.15) is 0 Å². The fourth-order valence-electron chi connectivity index (χ4n) is 1.71. The van der Waals surface area contributed by atoms with E-state index in [1.165, 1.54) is 11.3 Å². The zero-order chi connectivity index (χ0) is 13.1. The van der Waals surface area contributed by atoms with Crippen molar-refractivity contribution in [1.29, 1.82) is 0 Å². The normalized spacial score (nSPS) is 10.4. The van der Waals surface area contributed by atoms with Crippen LogP contribution in [0.3, 0.4) is 0 Å². The largest absolute Gasteiger partial charge is 0.321 e. The molecule has 2 rings (SSSR count). The van der Waals surface area contributed by atoms with E-state index in [0.717, 1.165) is 31.9 Å². The molecule has 18 heavy (non-hydrogen) atoms. The number of thiophene rings is 1. The van der Waals surface area contributed by atoms with Crippen molar-refractivity contribution in [2.24, 2.45) is 0 Å². The summed E-state index contributed by atoms with van der Waals surface area (Å²) in [6, 6.07) is 9.79. The highest BCUT2D eigenvalue weighted by atomic mass is 79.9. The van der Waals surface area contributed by atoms with Crippen LogP contribution < -0.4 is 5.32 Å². The molecule has 0 bridgehead atoms. The van der Waals surface area contributed by atoms with Crippen LogP contribution in [-0.2, 0) is 6.42 Å². The lowest BCUT2D eigenvalue weighted by Gasteiger charge is -2.08. The first kappa shape index (κ1) is 13.3. The van der Waals surface area contributed by atoms with E-state index >= 15 is 0 Å². The molecule has 1 amide bonds. The van der Waals surface area contributed by atoms with Crippen LogP contribution in [0.25, 0.3) is 0 Å². The highest BCUT2D eigenvalue weighted by Crippen LogP contribution is 2.28. The number of rotatable bonds is 3. The number of aryl methyl sites for hydroxylation is 2. The molecule has 0 spiro atoms. The van der Waals surface area contributed by atoms with Gasteiger partial charge in [-0.3, -0.25) is 4.79 Å². The minimum atomic E-state index is -0.0466. The summed E-state index contributed by atoms with van der Waals surface area (Å²) in [7, 11) is 0. The Balaban J connectivity index is 2.21. The van der Waals surface area contributed by atoms with Gasteiger partial charge in [0, 0.05) is 5.69 Å². The van der Waals surface area contributed by atoms with Crippen molar-refractivity contribution >= 4 is 38.9 Å². The number of amides is 1. The van der Waals surface area contributed by atoms with E-state index in [-0.39, 0.29) is 5.91 Å². The quantitative estimate of drug-likeness (QED) is 0.876. The molecule has 2 nitrogen and oxygen atoms in total. The summed E-state index contributed by atoms with van der Waals surface area (Å²) in [4.78, 5) is 12.9. The third-order valence-electron chi connectivity index (χ3n) is 2.73. The summed E-state index contributed by atoms with van der Waals surface area (Å²) in [5.41, 5.74) is 3.14. The molecule has 4 heteroatoms. The molecule has 0 atom stereocenters. The summed E-state index contributed by atoms with van der Waals surface area (Å²) in [5, 5.41) is 2.97. The molecule has 1 heterocycles. The third-order valence-corrected chi connectivity index (χ3v) is 4.86. The third kappa shape index (κ3) is 2.82. The van der Waals surface area contributed by atoms with Gasteiger partial charge in [-0.05, 0) is 52.5 Å². The Morgan fingerprint density at radius 1 is 1.39 bits per heavy atom. The number of halogens is 1. The summed E-state index contributed by atoms with van der Waals surface area (Å²) in [5.74, 6) is -0.0466. The van der Waals surface area contributed by atoms with Gasteiger partial charge in [-0.1, -0.05) is 25.1 Å². The molecule has 2 aromatic rings. The topological polar surface area (TPSA) is 29.1 Å². The van der Waals surface area contributed by atoms with Gasteiger partial charge in [0.25, 0.3) is 5.91 Å². The first-order valence-corrected chi connectivity index (χ1v) is 7.38. The molecule has 94 valence electrons. The van der Waals surface area contributed by atoms with Gasteiger partial charge in [-0.25, -0.2) is 0 Å². The zero-order valence-electron chi connectivity index (χ0n) is 10.3. The van der Waals surface area contributed by atoms with E-state index in [4.69, 9.17) is 0 Å². The molecule has 1 aromatic heterocycles. The fraction of sp³-hybridized carbons (Fsp3) is 0.214. The minimum absolute atomic E-state index is 0.0466. The summed E-state index contributed by atoms with van der Waals surface area (Å²) >= 11 is 4.90. The molecule has 0 saturated heterocycles. The number of hydrogen-bond donors (Lipinski definition) is 1. The molecule has 1 aromatic carbocycles. The van der Waals surface area contributed by atoms with Gasteiger partial charge in [0.2, 0.25) is 0 Å². The van der Waals surface area contributed by atoms with Gasteiger partial charge in [0.05, 0.1) is 8.66 Å². The van der Waals surface area contributed by atoms with Crippen LogP contribution in [0.5, 0.6) is 0 Å². The Hall–Kier alpha value is -1.13. The Labute approximate surface area is 119 Å². The maximum Gasteiger partial charge on any atom is 0.265 e. The molecule has 0 fully saturated rings. The number of carbonyl (C=O) groups is 1. The van der Waals surface area contributed by atoms with Crippen LogP contribution in [0.2, 0.25) is 0 Å². The molecule has 0 aliphatic heterocycles. The standard InChI is InChI=1S/C14H14BrNOS/c1-3-10-6-4-5-7-11(10)16-14(17)12-8-9(2)13(15)18-12/h4-8H,3H2,1-2H3,(H,16,17). The van der Waals surface area contributed by atoms with Crippen LogP contribution in [0.1, 0.15) is 27.7 Å². The van der Waals surface area contributed by atoms with E-state index in [9.17, 15) is 4.79 Å². The van der Waals surface area contributed by atoms with Gasteiger partial charge < -0.3 is 5.32 Å². The number of benzene rings is 1. The lowest BCUT2D eigenvalue weighted by molar-refractivity contribution is 0.103. The predicted octanol–water partition coefficient (Wildman–Crippen LogP) is 4.63. The monoisotopic (exact) mass is 323 g/mol. The van der Waals surface area contributed by atoms with E-state index in [2.05, 4.69) is 28.2 Å². The predicted molar refractivity (Wildman–Crippen MR) is 80.5 cm³/mol. The molecule has 0 radical (unpaired) electrons. The number of anilines is 1. The number of hydrogen-bond acceptors (Lipinski definition) is 2. The van der Waals surface area contributed by atoms with Crippen LogP contribution in [0.4, 0.5) is 5.69 Å². The average Bonchev–Trinajstić information content (AvgIpc) is 2.70. The van der Waals surface area contributed by atoms with Crippen LogP contribution in [0.15, 0.2) is 34.1 Å². The van der Waals surface area contributed by atoms with Crippen LogP contribution in [0, 0.1) is 6.92 Å². The van der Waals surface area contributed by atoms with Crippen molar-refractivity contribution in [3.05, 3.63) is 50.1 Å². The number of para-hydroxylation sites is 1. The minimum Gasteiger partial charge on any atom is -0.321 e. The SMILES string of the molecule is CCc1ccccc1NC(=O)c1cc(C)c(Br)s1. The maximum absolute atomic E-state index is 12.1. The summed E-state index contributed by atoms with van der Waals surface area (Å²) < 4.78 is 1.01. The molecule has 0 aliphatic rings. The maximum atomic E-state index is 12.1. The number of carbonyl (C=O) groups excluding carboxylic acids is 1. The van der Waals surface area contributed by atoms with E-state index in [0.29, 0.717) is 0 Å².